The molecule has 5 aliphatic heterocycles. The summed E-state index contributed by atoms with van der Waals surface area (Å²) in [7, 11) is 1.62. The van der Waals surface area contributed by atoms with Crippen molar-refractivity contribution in [1.29, 1.82) is 0 Å². The number of morpholine rings is 1. The van der Waals surface area contributed by atoms with Crippen molar-refractivity contribution in [1.82, 2.24) is 36.0 Å². The number of nitrogens with one attached hydrogen (secondary N) is 6. The van der Waals surface area contributed by atoms with Gasteiger partial charge < -0.3 is 51.2 Å². The van der Waals surface area contributed by atoms with E-state index in [1.165, 1.54) is 17.0 Å². The molecule has 0 saturated carbocycles. The largest absolute Gasteiger partial charge is 0.381 e. The average Bonchev–Trinajstić information content (AvgIpc) is 4.20. The van der Waals surface area contributed by atoms with Crippen LogP contribution in [0.5, 0.6) is 0 Å². The second kappa shape index (κ2) is 26.0. The van der Waals surface area contributed by atoms with Gasteiger partial charge in [-0.2, -0.15) is 0 Å². The number of fused-ring (bicyclic) bond motifs is 2. The van der Waals surface area contributed by atoms with Crippen molar-refractivity contribution in [2.45, 2.75) is 108 Å². The number of rotatable bonds is 19. The quantitative estimate of drug-likeness (QED) is 0.0704. The van der Waals surface area contributed by atoms with Crippen LogP contribution in [0.4, 0.5) is 30.2 Å². The lowest BCUT2D eigenvalue weighted by Gasteiger charge is -2.43. The number of hydrogen-bond donors (Lipinski definition) is 6. The molecule has 9 rings (SSSR count). The SMILES string of the molecule is CN[C@@H](C)C(=O)NC(C(=O)N1Cc2ccc(NC(=O)CCCNC(=O)[C@]3(C)CN(C(=O)CN4C[C@@H](C)NC[C@@H]4CN4CCOC[C@H]4C)c4cc(Cc5ccc(F)cc5)ccc43)cc2[C@H]1C(=O)Nc1c(F)cccc1F)C1CCOCC1. The molecule has 0 bridgehead atoms. The van der Waals surface area contributed by atoms with E-state index in [0.29, 0.717) is 80.3 Å². The van der Waals surface area contributed by atoms with Crippen molar-refractivity contribution in [2.75, 3.05) is 94.8 Å². The van der Waals surface area contributed by atoms with Crippen LogP contribution in [0.3, 0.4) is 0 Å². The molecular weight excluding hydrogens is 1050 g/mol. The average molecular weight is 1120 g/mol. The highest BCUT2D eigenvalue weighted by Gasteiger charge is 2.48. The molecule has 6 amide bonds. The molecule has 3 fully saturated rings. The Morgan fingerprint density at radius 2 is 1.60 bits per heavy atom. The lowest BCUT2D eigenvalue weighted by Crippen LogP contribution is -2.62. The maximum absolute atomic E-state index is 15.0. The van der Waals surface area contributed by atoms with Crippen LogP contribution in [0, 0.1) is 23.4 Å². The fourth-order valence-corrected chi connectivity index (χ4v) is 11.8. The van der Waals surface area contributed by atoms with Gasteiger partial charge in [-0.25, -0.2) is 13.2 Å². The number of benzene rings is 4. The van der Waals surface area contributed by atoms with Gasteiger partial charge in [-0.3, -0.25) is 38.6 Å². The normalized spacial score (nSPS) is 23.0. The van der Waals surface area contributed by atoms with E-state index in [9.17, 15) is 41.9 Å². The van der Waals surface area contributed by atoms with E-state index >= 15 is 0 Å². The lowest BCUT2D eigenvalue weighted by atomic mass is 9.83. The first-order chi connectivity index (χ1) is 38.9. The predicted molar refractivity (Wildman–Crippen MR) is 300 cm³/mol. The predicted octanol–water partition coefficient (Wildman–Crippen LogP) is 4.76. The van der Waals surface area contributed by atoms with Crippen LogP contribution >= 0.6 is 0 Å². The molecule has 3 saturated heterocycles. The summed E-state index contributed by atoms with van der Waals surface area (Å²) in [5.41, 5.74) is 2.44. The highest BCUT2D eigenvalue weighted by Crippen LogP contribution is 2.43. The van der Waals surface area contributed by atoms with Crippen molar-refractivity contribution in [2.24, 2.45) is 5.92 Å². The Bertz CT molecular complexity index is 2940. The first-order valence-electron chi connectivity index (χ1n) is 28.2. The zero-order valence-electron chi connectivity index (χ0n) is 46.8. The van der Waals surface area contributed by atoms with Gasteiger partial charge >= 0.3 is 0 Å². The molecule has 0 spiro atoms. The summed E-state index contributed by atoms with van der Waals surface area (Å²) < 4.78 is 55.1. The Morgan fingerprint density at radius 1 is 0.864 bits per heavy atom. The van der Waals surface area contributed by atoms with Crippen LogP contribution in [0.1, 0.15) is 87.2 Å². The van der Waals surface area contributed by atoms with E-state index in [0.717, 1.165) is 49.0 Å². The maximum atomic E-state index is 15.0. The van der Waals surface area contributed by atoms with Gasteiger partial charge in [-0.05, 0) is 137 Å². The van der Waals surface area contributed by atoms with E-state index in [1.54, 1.807) is 49.2 Å². The zero-order chi connectivity index (χ0) is 57.5. The summed E-state index contributed by atoms with van der Waals surface area (Å²) in [6.45, 7) is 13.1. The number of piperazine rings is 1. The topological polar surface area (TPSA) is 206 Å². The van der Waals surface area contributed by atoms with Crippen LogP contribution in [-0.4, -0.2) is 160 Å². The van der Waals surface area contributed by atoms with E-state index in [1.807, 2.05) is 25.1 Å². The minimum Gasteiger partial charge on any atom is -0.381 e. The number of carbonyl (C=O) groups excluding carboxylic acids is 6. The molecule has 5 aliphatic rings. The van der Waals surface area contributed by atoms with Crippen LogP contribution in [-0.2, 0) is 56.6 Å². The molecular formula is C60H75F3N10O8. The summed E-state index contributed by atoms with van der Waals surface area (Å²) in [5.74, 6) is -5.44. The van der Waals surface area contributed by atoms with Gasteiger partial charge in [0, 0.05) is 94.9 Å². The number of ether oxygens (including phenoxy) is 2. The first-order valence-corrected chi connectivity index (χ1v) is 28.2. The standard InChI is InChI=1S/C60H75F3N10O8/c1-36-30-71(45(29-66-36)32-70-22-25-81-34-37(70)2)33-52(75)73-35-60(4,47-18-13-40(27-50(47)73)26-39-11-15-43(61)16-12-39)59(79)65-21-7-10-51(74)67-44-17-14-42-31-72(55(46(42)28-44)57(77)69-54-48(62)8-6-9-49(54)63)58(78)53(41-19-23-80-24-20-41)68-56(76)38(3)64-5/h6,8-9,11-18,27-28,36-38,41,45,53,55,64,66H,7,10,19-26,29-35H2,1-5H3,(H,65,79)(H,67,74)(H,68,76)(H,69,77)/t36-,37-,38+,45-,53?,55+,60-/m1/s1. The first kappa shape index (κ1) is 58.9. The molecule has 21 heteroatoms. The number of likely N-dealkylation sites (N-methyl/N-ethyl adjacent to an activating group) is 1. The molecule has 4 aromatic rings. The summed E-state index contributed by atoms with van der Waals surface area (Å²) >= 11 is 0. The van der Waals surface area contributed by atoms with Gasteiger partial charge in [-0.1, -0.05) is 36.4 Å². The van der Waals surface area contributed by atoms with Crippen molar-refractivity contribution < 1.29 is 51.4 Å². The molecule has 1 unspecified atom stereocenters. The number of nitrogens with zero attached hydrogens (tertiary/aromatic N) is 4. The monoisotopic (exact) mass is 1120 g/mol. The maximum Gasteiger partial charge on any atom is 0.252 e. The smallest absolute Gasteiger partial charge is 0.252 e. The summed E-state index contributed by atoms with van der Waals surface area (Å²) in [6, 6.07) is 17.5. The number of amides is 6. The zero-order valence-corrected chi connectivity index (χ0v) is 46.8. The Kier molecular flexibility index (Phi) is 18.9. The van der Waals surface area contributed by atoms with Crippen molar-refractivity contribution in [3.63, 3.8) is 0 Å². The second-order valence-corrected chi connectivity index (χ2v) is 22.5. The number of hydrogen-bond acceptors (Lipinski definition) is 12. The van der Waals surface area contributed by atoms with Gasteiger partial charge in [0.25, 0.3) is 5.91 Å². The fourth-order valence-electron chi connectivity index (χ4n) is 11.8. The molecule has 4 aromatic carbocycles. The number of para-hydroxylation sites is 1. The summed E-state index contributed by atoms with van der Waals surface area (Å²) in [4.78, 5) is 92.9. The van der Waals surface area contributed by atoms with Crippen molar-refractivity contribution in [3.8, 4) is 0 Å². The van der Waals surface area contributed by atoms with Crippen LogP contribution < -0.4 is 36.8 Å². The van der Waals surface area contributed by atoms with Gasteiger partial charge in [0.2, 0.25) is 29.5 Å². The molecule has 7 atom stereocenters. The minimum atomic E-state index is -1.42. The van der Waals surface area contributed by atoms with E-state index < -0.39 is 64.5 Å². The molecule has 0 aromatic heterocycles. The highest BCUT2D eigenvalue weighted by molar-refractivity contribution is 6.03. The molecule has 6 N–H and O–H groups in total. The van der Waals surface area contributed by atoms with Crippen molar-refractivity contribution in [3.05, 3.63) is 124 Å². The van der Waals surface area contributed by atoms with E-state index in [2.05, 4.69) is 55.5 Å². The summed E-state index contributed by atoms with van der Waals surface area (Å²) in [5, 5.41) is 17.6. The molecule has 81 heavy (non-hydrogen) atoms. The van der Waals surface area contributed by atoms with Crippen LogP contribution in [0.25, 0.3) is 0 Å². The molecule has 0 aliphatic carbocycles. The third-order valence-corrected chi connectivity index (χ3v) is 16.7. The lowest BCUT2D eigenvalue weighted by molar-refractivity contribution is -0.144. The molecule has 0 radical (unpaired) electrons. The third-order valence-electron chi connectivity index (χ3n) is 16.7. The highest BCUT2D eigenvalue weighted by atomic mass is 19.1. The van der Waals surface area contributed by atoms with Crippen molar-refractivity contribution >= 4 is 52.5 Å². The number of carbonyl (C=O) groups is 6. The number of halogens is 3. The van der Waals surface area contributed by atoms with Gasteiger partial charge in [0.15, 0.2) is 0 Å². The van der Waals surface area contributed by atoms with Gasteiger partial charge in [0.05, 0.1) is 31.2 Å². The minimum absolute atomic E-state index is 0.0197. The molecule has 18 nitrogen and oxygen atoms in total. The Balaban J connectivity index is 0.879. The van der Waals surface area contributed by atoms with Gasteiger partial charge in [0.1, 0.15) is 35.2 Å². The molecule has 434 valence electrons. The second-order valence-electron chi connectivity index (χ2n) is 22.5. The Labute approximate surface area is 471 Å². The van der Waals surface area contributed by atoms with Gasteiger partial charge in [-0.15, -0.1) is 0 Å². The summed E-state index contributed by atoms with van der Waals surface area (Å²) in [6.07, 6.45) is 1.63. The Morgan fingerprint density at radius 3 is 2.33 bits per heavy atom. The van der Waals surface area contributed by atoms with Crippen LogP contribution in [0.2, 0.25) is 0 Å². The van der Waals surface area contributed by atoms with Crippen LogP contribution in [0.15, 0.2) is 78.9 Å². The third kappa shape index (κ3) is 13.6. The Hall–Kier alpha value is -6.75. The fraction of sp³-hybridized carbons (Fsp3) is 0.500. The number of anilines is 3. The van der Waals surface area contributed by atoms with E-state index in [-0.39, 0.29) is 80.7 Å². The van der Waals surface area contributed by atoms with E-state index in [4.69, 9.17) is 9.47 Å². The molecule has 5 heterocycles.